The van der Waals surface area contributed by atoms with E-state index in [2.05, 4.69) is 10.8 Å². The molecule has 13 heavy (non-hydrogen) atoms. The van der Waals surface area contributed by atoms with Crippen molar-refractivity contribution in [2.75, 3.05) is 19.7 Å². The first kappa shape index (κ1) is 10.6. The summed E-state index contributed by atoms with van der Waals surface area (Å²) in [6.45, 7) is 1.64. The molecule has 2 heteroatoms. The summed E-state index contributed by atoms with van der Waals surface area (Å²) in [7, 11) is 0. The van der Waals surface area contributed by atoms with Crippen LogP contribution in [-0.4, -0.2) is 35.7 Å². The van der Waals surface area contributed by atoms with Gasteiger partial charge in [0.2, 0.25) is 0 Å². The predicted octanol–water partition coefficient (Wildman–Crippen LogP) is 1.25. The van der Waals surface area contributed by atoms with Gasteiger partial charge in [0, 0.05) is 12.6 Å². The molecule has 0 atom stereocenters. The van der Waals surface area contributed by atoms with Crippen LogP contribution in [0.15, 0.2) is 0 Å². The van der Waals surface area contributed by atoms with E-state index < -0.39 is 0 Å². The van der Waals surface area contributed by atoms with Crippen molar-refractivity contribution in [3.8, 4) is 12.3 Å². The van der Waals surface area contributed by atoms with E-state index in [4.69, 9.17) is 11.5 Å². The van der Waals surface area contributed by atoms with Crippen LogP contribution in [0, 0.1) is 12.3 Å². The molecule has 0 aromatic heterocycles. The Kier molecular flexibility index (Phi) is 4.88. The second-order valence-electron chi connectivity index (χ2n) is 3.69. The maximum absolute atomic E-state index is 8.88. The van der Waals surface area contributed by atoms with Crippen molar-refractivity contribution >= 4 is 0 Å². The minimum atomic E-state index is 0.220. The van der Waals surface area contributed by atoms with Crippen LogP contribution in [0.3, 0.4) is 0 Å². The van der Waals surface area contributed by atoms with Crippen LogP contribution in [0.25, 0.3) is 0 Å². The molecule has 0 amide bonds. The van der Waals surface area contributed by atoms with Gasteiger partial charge in [-0.05, 0) is 12.8 Å². The molecule has 0 heterocycles. The Morgan fingerprint density at radius 3 is 2.54 bits per heavy atom. The molecule has 0 radical (unpaired) electrons. The summed E-state index contributed by atoms with van der Waals surface area (Å²) < 4.78 is 0. The van der Waals surface area contributed by atoms with E-state index in [1.54, 1.807) is 0 Å². The monoisotopic (exact) mass is 181 g/mol. The minimum absolute atomic E-state index is 0.220. The van der Waals surface area contributed by atoms with Gasteiger partial charge in [0.05, 0.1) is 13.2 Å². The highest BCUT2D eigenvalue weighted by Gasteiger charge is 2.19. The van der Waals surface area contributed by atoms with Crippen LogP contribution in [0.4, 0.5) is 0 Å². The molecule has 0 unspecified atom stereocenters. The first-order valence-electron chi connectivity index (χ1n) is 5.17. The zero-order valence-corrected chi connectivity index (χ0v) is 8.21. The van der Waals surface area contributed by atoms with Crippen LogP contribution in [0.1, 0.15) is 32.1 Å². The molecule has 0 saturated heterocycles. The van der Waals surface area contributed by atoms with E-state index >= 15 is 0 Å². The lowest BCUT2D eigenvalue weighted by Gasteiger charge is -2.32. The maximum Gasteiger partial charge on any atom is 0.0602 e. The van der Waals surface area contributed by atoms with E-state index in [1.165, 1.54) is 32.1 Å². The molecule has 0 bridgehead atoms. The third-order valence-corrected chi connectivity index (χ3v) is 2.77. The highest BCUT2D eigenvalue weighted by molar-refractivity contribution is 4.91. The number of nitrogens with zero attached hydrogens (tertiary/aromatic N) is 1. The van der Waals surface area contributed by atoms with Crippen molar-refractivity contribution in [3.05, 3.63) is 0 Å². The first-order valence-corrected chi connectivity index (χ1v) is 5.17. The smallest absolute Gasteiger partial charge is 0.0602 e. The summed E-state index contributed by atoms with van der Waals surface area (Å²) in [6, 6.07) is 0.622. The quantitative estimate of drug-likeness (QED) is 0.660. The normalized spacial score (nSPS) is 18.8. The first-order chi connectivity index (χ1) is 6.38. The van der Waals surface area contributed by atoms with Crippen molar-refractivity contribution in [3.63, 3.8) is 0 Å². The lowest BCUT2D eigenvalue weighted by molar-refractivity contribution is 0.139. The largest absolute Gasteiger partial charge is 0.395 e. The molecule has 1 saturated carbocycles. The van der Waals surface area contributed by atoms with Crippen molar-refractivity contribution < 1.29 is 5.11 Å². The van der Waals surface area contributed by atoms with Gasteiger partial charge in [-0.1, -0.05) is 25.2 Å². The number of rotatable bonds is 4. The van der Waals surface area contributed by atoms with E-state index in [0.717, 1.165) is 6.54 Å². The average Bonchev–Trinajstić information content (AvgIpc) is 2.19. The molecule has 1 N–H and O–H groups in total. The summed E-state index contributed by atoms with van der Waals surface area (Å²) in [4.78, 5) is 2.24. The molecule has 1 aliphatic carbocycles. The Morgan fingerprint density at radius 1 is 1.31 bits per heavy atom. The van der Waals surface area contributed by atoms with Crippen LogP contribution >= 0.6 is 0 Å². The van der Waals surface area contributed by atoms with Crippen molar-refractivity contribution in [1.29, 1.82) is 0 Å². The molecule has 2 nitrogen and oxygen atoms in total. The Morgan fingerprint density at radius 2 is 2.00 bits per heavy atom. The van der Waals surface area contributed by atoms with Gasteiger partial charge in [0.1, 0.15) is 0 Å². The zero-order chi connectivity index (χ0) is 9.52. The van der Waals surface area contributed by atoms with Crippen LogP contribution < -0.4 is 0 Å². The van der Waals surface area contributed by atoms with Crippen LogP contribution in [-0.2, 0) is 0 Å². The molecule has 1 rings (SSSR count). The van der Waals surface area contributed by atoms with Crippen LogP contribution in [0.5, 0.6) is 0 Å². The van der Waals surface area contributed by atoms with Crippen molar-refractivity contribution in [2.24, 2.45) is 0 Å². The Balaban J connectivity index is 2.37. The second-order valence-corrected chi connectivity index (χ2v) is 3.69. The highest BCUT2D eigenvalue weighted by atomic mass is 16.3. The molecule has 1 fully saturated rings. The molecular formula is C11H19NO. The molecule has 1 aliphatic rings. The number of hydrogen-bond acceptors (Lipinski definition) is 2. The van der Waals surface area contributed by atoms with Gasteiger partial charge in [-0.2, -0.15) is 0 Å². The summed E-state index contributed by atoms with van der Waals surface area (Å²) >= 11 is 0. The fourth-order valence-electron chi connectivity index (χ4n) is 2.08. The summed E-state index contributed by atoms with van der Waals surface area (Å²) in [5, 5.41) is 8.88. The summed E-state index contributed by atoms with van der Waals surface area (Å²) in [5.74, 6) is 2.66. The van der Waals surface area contributed by atoms with Crippen LogP contribution in [0.2, 0.25) is 0 Å². The lowest BCUT2D eigenvalue weighted by Crippen LogP contribution is -2.38. The molecule has 0 spiro atoms. The van der Waals surface area contributed by atoms with Gasteiger partial charge in [0.25, 0.3) is 0 Å². The second kappa shape index (κ2) is 6.01. The Bertz CT molecular complexity index is 167. The Hall–Kier alpha value is -0.520. The van der Waals surface area contributed by atoms with E-state index in [1.807, 2.05) is 0 Å². The van der Waals surface area contributed by atoms with Gasteiger partial charge >= 0.3 is 0 Å². The predicted molar refractivity (Wildman–Crippen MR) is 54.4 cm³/mol. The van der Waals surface area contributed by atoms with E-state index in [0.29, 0.717) is 12.6 Å². The fourth-order valence-corrected chi connectivity index (χ4v) is 2.08. The van der Waals surface area contributed by atoms with Gasteiger partial charge in [-0.25, -0.2) is 0 Å². The molecule has 74 valence electrons. The Labute approximate surface area is 80.9 Å². The highest BCUT2D eigenvalue weighted by Crippen LogP contribution is 2.21. The average molecular weight is 181 g/mol. The molecule has 0 aliphatic heterocycles. The lowest BCUT2D eigenvalue weighted by atomic mass is 9.94. The van der Waals surface area contributed by atoms with E-state index in [9.17, 15) is 0 Å². The third-order valence-electron chi connectivity index (χ3n) is 2.77. The fraction of sp³-hybridized carbons (Fsp3) is 0.818. The van der Waals surface area contributed by atoms with E-state index in [-0.39, 0.29) is 6.61 Å². The van der Waals surface area contributed by atoms with Gasteiger partial charge in [-0.15, -0.1) is 6.42 Å². The molecule has 0 aromatic carbocycles. The zero-order valence-electron chi connectivity index (χ0n) is 8.21. The standard InChI is InChI=1S/C11H19NO/c1-2-8-12(9-10-13)11-6-4-3-5-7-11/h1,11,13H,3-10H2. The van der Waals surface area contributed by atoms with Gasteiger partial charge in [-0.3, -0.25) is 4.90 Å². The number of aliphatic hydroxyl groups excluding tert-OH is 1. The number of terminal acetylenes is 1. The van der Waals surface area contributed by atoms with Crippen molar-refractivity contribution in [2.45, 2.75) is 38.1 Å². The SMILES string of the molecule is C#CCN(CCO)C1CCCCC1. The minimum Gasteiger partial charge on any atom is -0.395 e. The summed E-state index contributed by atoms with van der Waals surface area (Å²) in [6.07, 6.45) is 11.8. The maximum atomic E-state index is 8.88. The molecular weight excluding hydrogens is 162 g/mol. The summed E-state index contributed by atoms with van der Waals surface area (Å²) in [5.41, 5.74) is 0. The topological polar surface area (TPSA) is 23.5 Å². The van der Waals surface area contributed by atoms with Gasteiger partial charge in [0.15, 0.2) is 0 Å². The number of aliphatic hydroxyl groups is 1. The number of hydrogen-bond donors (Lipinski definition) is 1. The third kappa shape index (κ3) is 3.38. The van der Waals surface area contributed by atoms with Gasteiger partial charge < -0.3 is 5.11 Å². The van der Waals surface area contributed by atoms with Crippen molar-refractivity contribution in [1.82, 2.24) is 4.90 Å². The molecule has 0 aromatic rings.